The summed E-state index contributed by atoms with van der Waals surface area (Å²) >= 11 is 17.6. The third-order valence-corrected chi connectivity index (χ3v) is 5.10. The molecule has 3 rings (SSSR count). The molecule has 0 aromatic heterocycles. The predicted molar refractivity (Wildman–Crippen MR) is 126 cm³/mol. The van der Waals surface area contributed by atoms with Crippen LogP contribution in [0.3, 0.4) is 0 Å². The molecule has 0 fully saturated rings. The third-order valence-electron chi connectivity index (χ3n) is 4.11. The van der Waals surface area contributed by atoms with Crippen LogP contribution in [0.5, 0.6) is 11.5 Å². The summed E-state index contributed by atoms with van der Waals surface area (Å²) in [5, 5.41) is 5.09. The van der Waals surface area contributed by atoms with Crippen LogP contribution in [-0.2, 0) is 0 Å². The molecule has 3 aromatic carbocycles. The van der Waals surface area contributed by atoms with Gasteiger partial charge in [-0.25, -0.2) is 10.2 Å². The minimum Gasteiger partial charge on any atom is -0.490 e. The maximum atomic E-state index is 12.4. The monoisotopic (exact) mass is 490 g/mol. The van der Waals surface area contributed by atoms with Gasteiger partial charge in [0.25, 0.3) is 5.91 Å². The van der Waals surface area contributed by atoms with E-state index in [9.17, 15) is 9.59 Å². The van der Waals surface area contributed by atoms with Crippen molar-refractivity contribution in [2.24, 2.45) is 5.10 Å². The first kappa shape index (κ1) is 23.6. The van der Waals surface area contributed by atoms with E-state index in [1.165, 1.54) is 24.4 Å². The molecule has 0 saturated heterocycles. The summed E-state index contributed by atoms with van der Waals surface area (Å²) in [6, 6.07) is 15.8. The number of nitrogens with one attached hydrogen (secondary N) is 1. The number of ether oxygens (including phenoxy) is 2. The van der Waals surface area contributed by atoms with Gasteiger partial charge in [0.2, 0.25) is 0 Å². The number of rotatable bonds is 7. The van der Waals surface area contributed by atoms with Crippen LogP contribution in [0, 0.1) is 0 Å². The number of carbonyl (C=O) groups is 2. The molecule has 0 aliphatic heterocycles. The van der Waals surface area contributed by atoms with Crippen LogP contribution in [0.15, 0.2) is 65.8 Å². The largest absolute Gasteiger partial charge is 0.490 e. The van der Waals surface area contributed by atoms with E-state index in [4.69, 9.17) is 44.3 Å². The van der Waals surface area contributed by atoms with Gasteiger partial charge in [-0.1, -0.05) is 34.8 Å². The Kier molecular flexibility index (Phi) is 8.11. The second-order valence-electron chi connectivity index (χ2n) is 6.36. The van der Waals surface area contributed by atoms with Crippen molar-refractivity contribution in [3.63, 3.8) is 0 Å². The lowest BCUT2D eigenvalue weighted by Crippen LogP contribution is -2.17. The molecule has 1 amide bonds. The van der Waals surface area contributed by atoms with E-state index in [0.29, 0.717) is 39.1 Å². The molecule has 32 heavy (non-hydrogen) atoms. The van der Waals surface area contributed by atoms with E-state index in [0.717, 1.165) is 0 Å². The zero-order valence-electron chi connectivity index (χ0n) is 16.8. The van der Waals surface area contributed by atoms with Gasteiger partial charge in [-0.15, -0.1) is 0 Å². The lowest BCUT2D eigenvalue weighted by molar-refractivity contribution is 0.0728. The average Bonchev–Trinajstić information content (AvgIpc) is 2.77. The van der Waals surface area contributed by atoms with Crippen molar-refractivity contribution in [3.05, 3.63) is 92.4 Å². The molecule has 0 spiro atoms. The van der Waals surface area contributed by atoms with Crippen molar-refractivity contribution in [2.75, 3.05) is 6.61 Å². The molecule has 6 nitrogen and oxygen atoms in total. The molecule has 164 valence electrons. The maximum absolute atomic E-state index is 12.4. The molecule has 0 unspecified atom stereocenters. The summed E-state index contributed by atoms with van der Waals surface area (Å²) in [4.78, 5) is 24.6. The lowest BCUT2D eigenvalue weighted by Gasteiger charge is -2.11. The number of hydrogen-bond acceptors (Lipinski definition) is 5. The summed E-state index contributed by atoms with van der Waals surface area (Å²) in [5.41, 5.74) is 3.70. The number of esters is 1. The second-order valence-corrected chi connectivity index (χ2v) is 7.61. The quantitative estimate of drug-likeness (QED) is 0.189. The fourth-order valence-electron chi connectivity index (χ4n) is 2.57. The first-order valence-corrected chi connectivity index (χ1v) is 10.5. The average molecular weight is 492 g/mol. The Balaban J connectivity index is 1.70. The summed E-state index contributed by atoms with van der Waals surface area (Å²) < 4.78 is 11.0. The van der Waals surface area contributed by atoms with Crippen molar-refractivity contribution in [2.45, 2.75) is 6.92 Å². The molecule has 9 heteroatoms. The summed E-state index contributed by atoms with van der Waals surface area (Å²) in [6.07, 6.45) is 1.43. The zero-order valence-corrected chi connectivity index (χ0v) is 19.0. The molecule has 0 bridgehead atoms. The molecule has 0 radical (unpaired) electrons. The molecule has 0 atom stereocenters. The third kappa shape index (κ3) is 6.23. The Morgan fingerprint density at radius 3 is 2.31 bits per heavy atom. The minimum atomic E-state index is -0.544. The highest BCUT2D eigenvalue weighted by Crippen LogP contribution is 2.29. The van der Waals surface area contributed by atoms with Gasteiger partial charge in [0, 0.05) is 10.6 Å². The van der Waals surface area contributed by atoms with E-state index < -0.39 is 11.9 Å². The van der Waals surface area contributed by atoms with E-state index in [-0.39, 0.29) is 10.8 Å². The van der Waals surface area contributed by atoms with Gasteiger partial charge >= 0.3 is 5.97 Å². The number of hydrazone groups is 1. The van der Waals surface area contributed by atoms with Crippen LogP contribution in [0.2, 0.25) is 15.1 Å². The maximum Gasteiger partial charge on any atom is 0.343 e. The van der Waals surface area contributed by atoms with Gasteiger partial charge < -0.3 is 9.47 Å². The molecule has 0 heterocycles. The SMILES string of the molecule is CCOc1cc(/C=N/NC(=O)c2ccc(Cl)c(Cl)c2)ccc1OC(=O)c1ccc(Cl)cc1. The Bertz CT molecular complexity index is 1160. The van der Waals surface area contributed by atoms with Crippen molar-refractivity contribution < 1.29 is 19.1 Å². The van der Waals surface area contributed by atoms with Gasteiger partial charge in [0.05, 0.1) is 28.4 Å². The Morgan fingerprint density at radius 2 is 1.62 bits per heavy atom. The fraction of sp³-hybridized carbons (Fsp3) is 0.0870. The molecular weight excluding hydrogens is 475 g/mol. The standard InChI is InChI=1S/C23H17Cl3N2O4/c1-2-31-21-11-14(13-27-28-22(29)16-6-9-18(25)19(26)12-16)3-10-20(21)32-23(30)15-4-7-17(24)8-5-15/h3-13H,2H2,1H3,(H,28,29)/b27-13+. The Hall–Kier alpha value is -3.06. The number of benzene rings is 3. The molecule has 0 aliphatic carbocycles. The number of nitrogens with zero attached hydrogens (tertiary/aromatic N) is 1. The van der Waals surface area contributed by atoms with Gasteiger partial charge in [-0.05, 0) is 73.2 Å². The van der Waals surface area contributed by atoms with Crippen LogP contribution in [0.4, 0.5) is 0 Å². The number of hydrogen-bond donors (Lipinski definition) is 1. The smallest absolute Gasteiger partial charge is 0.343 e. The van der Waals surface area contributed by atoms with Gasteiger partial charge in [0.15, 0.2) is 11.5 Å². The van der Waals surface area contributed by atoms with Gasteiger partial charge in [-0.3, -0.25) is 4.79 Å². The highest BCUT2D eigenvalue weighted by molar-refractivity contribution is 6.42. The first-order chi connectivity index (χ1) is 15.4. The number of halogens is 3. The first-order valence-electron chi connectivity index (χ1n) is 9.40. The number of carbonyl (C=O) groups excluding carboxylic acids is 2. The van der Waals surface area contributed by atoms with E-state index in [2.05, 4.69) is 10.5 Å². The Morgan fingerprint density at radius 1 is 0.906 bits per heavy atom. The second kappa shape index (κ2) is 11.0. The van der Waals surface area contributed by atoms with Gasteiger partial charge in [0.1, 0.15) is 0 Å². The molecule has 3 aromatic rings. The van der Waals surface area contributed by atoms with Crippen molar-refractivity contribution in [1.82, 2.24) is 5.43 Å². The zero-order chi connectivity index (χ0) is 23.1. The molecule has 1 N–H and O–H groups in total. The lowest BCUT2D eigenvalue weighted by atomic mass is 10.2. The highest BCUT2D eigenvalue weighted by Gasteiger charge is 2.13. The normalized spacial score (nSPS) is 10.8. The van der Waals surface area contributed by atoms with Crippen LogP contribution >= 0.6 is 34.8 Å². The van der Waals surface area contributed by atoms with Crippen LogP contribution < -0.4 is 14.9 Å². The number of amides is 1. The van der Waals surface area contributed by atoms with E-state index >= 15 is 0 Å². The molecule has 0 saturated carbocycles. The van der Waals surface area contributed by atoms with Crippen LogP contribution in [0.1, 0.15) is 33.2 Å². The van der Waals surface area contributed by atoms with E-state index in [1.807, 2.05) is 6.92 Å². The van der Waals surface area contributed by atoms with Crippen molar-refractivity contribution in [3.8, 4) is 11.5 Å². The highest BCUT2D eigenvalue weighted by atomic mass is 35.5. The summed E-state index contributed by atoms with van der Waals surface area (Å²) in [7, 11) is 0. The van der Waals surface area contributed by atoms with Gasteiger partial charge in [-0.2, -0.15) is 5.10 Å². The summed E-state index contributed by atoms with van der Waals surface area (Å²) in [5.74, 6) is -0.380. The predicted octanol–water partition coefficient (Wildman–Crippen LogP) is 6.03. The van der Waals surface area contributed by atoms with Crippen molar-refractivity contribution in [1.29, 1.82) is 0 Å². The topological polar surface area (TPSA) is 77.0 Å². The summed E-state index contributed by atoms with van der Waals surface area (Å²) in [6.45, 7) is 2.17. The molecular formula is C23H17Cl3N2O4. The van der Waals surface area contributed by atoms with Crippen LogP contribution in [-0.4, -0.2) is 24.7 Å². The minimum absolute atomic E-state index is 0.254. The fourth-order valence-corrected chi connectivity index (χ4v) is 2.99. The Labute approximate surface area is 199 Å². The van der Waals surface area contributed by atoms with E-state index in [1.54, 1.807) is 42.5 Å². The van der Waals surface area contributed by atoms with Crippen LogP contribution in [0.25, 0.3) is 0 Å². The molecule has 0 aliphatic rings. The van der Waals surface area contributed by atoms with Crippen molar-refractivity contribution >= 4 is 52.9 Å².